The van der Waals surface area contributed by atoms with E-state index >= 15 is 0 Å². The highest BCUT2D eigenvalue weighted by atomic mass is 15.2. The fraction of sp³-hybridized carbons (Fsp3) is 0.238. The van der Waals surface area contributed by atoms with Gasteiger partial charge in [-0.2, -0.15) is 0 Å². The molecule has 0 saturated carbocycles. The van der Waals surface area contributed by atoms with Crippen LogP contribution in [0.4, 0.5) is 0 Å². The van der Waals surface area contributed by atoms with Gasteiger partial charge in [0.15, 0.2) is 0 Å². The number of fused-ring (bicyclic) bond motifs is 2. The molecule has 1 aliphatic heterocycles. The Bertz CT molecular complexity index is 1000. The summed E-state index contributed by atoms with van der Waals surface area (Å²) < 4.78 is 0. The molecule has 1 aliphatic rings. The third kappa shape index (κ3) is 2.79. The van der Waals surface area contributed by atoms with Crippen molar-refractivity contribution in [1.82, 2.24) is 19.9 Å². The Balaban J connectivity index is 1.32. The molecule has 1 saturated heterocycles. The molecule has 3 heterocycles. The fourth-order valence-electron chi connectivity index (χ4n) is 3.83. The van der Waals surface area contributed by atoms with Gasteiger partial charge in [0.2, 0.25) is 0 Å². The highest BCUT2D eigenvalue weighted by Gasteiger charge is 2.26. The first-order chi connectivity index (χ1) is 12.3. The van der Waals surface area contributed by atoms with Gasteiger partial charge in [0.05, 0.1) is 16.6 Å². The van der Waals surface area contributed by atoms with Crippen LogP contribution in [0, 0.1) is 0 Å². The summed E-state index contributed by atoms with van der Waals surface area (Å²) in [7, 11) is 0. The van der Waals surface area contributed by atoms with Crippen LogP contribution in [0.3, 0.4) is 0 Å². The molecule has 25 heavy (non-hydrogen) atoms. The standard InChI is InChI=1S/C21H20N4/c1-2-6-18-16(5-1)11-15(12-22-18)13-25-10-9-17(14-25)21-23-19-7-3-4-8-20(19)24-21/h1-8,11-12,17H,9-10,13-14H2,(H,23,24). The van der Waals surface area contributed by atoms with Crippen LogP contribution < -0.4 is 0 Å². The molecule has 2 aromatic carbocycles. The minimum atomic E-state index is 0.487. The molecule has 1 unspecified atom stereocenters. The highest BCUT2D eigenvalue weighted by Crippen LogP contribution is 2.28. The van der Waals surface area contributed by atoms with Crippen LogP contribution >= 0.6 is 0 Å². The Hall–Kier alpha value is -2.72. The molecule has 2 aromatic heterocycles. The molecule has 1 atom stereocenters. The predicted molar refractivity (Wildman–Crippen MR) is 100 cm³/mol. The lowest BCUT2D eigenvalue weighted by molar-refractivity contribution is 0.325. The average Bonchev–Trinajstić information content (AvgIpc) is 3.28. The number of aromatic nitrogens is 3. The highest BCUT2D eigenvalue weighted by molar-refractivity contribution is 5.78. The molecule has 1 fully saturated rings. The molecule has 0 amide bonds. The van der Waals surface area contributed by atoms with Crippen LogP contribution in [0.25, 0.3) is 21.9 Å². The lowest BCUT2D eigenvalue weighted by Gasteiger charge is -2.15. The number of likely N-dealkylation sites (tertiary alicyclic amines) is 1. The quantitative estimate of drug-likeness (QED) is 0.616. The van der Waals surface area contributed by atoms with Crippen molar-refractivity contribution >= 4 is 21.9 Å². The zero-order chi connectivity index (χ0) is 16.6. The Morgan fingerprint density at radius 1 is 1.04 bits per heavy atom. The number of H-pyrrole nitrogens is 1. The Labute approximate surface area is 146 Å². The molecular weight excluding hydrogens is 308 g/mol. The van der Waals surface area contributed by atoms with Crippen LogP contribution in [0.2, 0.25) is 0 Å². The summed E-state index contributed by atoms with van der Waals surface area (Å²) in [5, 5.41) is 1.22. The van der Waals surface area contributed by atoms with Crippen molar-refractivity contribution in [3.63, 3.8) is 0 Å². The van der Waals surface area contributed by atoms with E-state index in [9.17, 15) is 0 Å². The summed E-state index contributed by atoms with van der Waals surface area (Å²) >= 11 is 0. The third-order valence-corrected chi connectivity index (χ3v) is 5.12. The van der Waals surface area contributed by atoms with Gasteiger partial charge in [0.25, 0.3) is 0 Å². The van der Waals surface area contributed by atoms with Crippen molar-refractivity contribution < 1.29 is 0 Å². The molecule has 1 N–H and O–H groups in total. The minimum Gasteiger partial charge on any atom is -0.342 e. The van der Waals surface area contributed by atoms with Gasteiger partial charge in [0, 0.05) is 30.6 Å². The Kier molecular flexibility index (Phi) is 3.49. The Morgan fingerprint density at radius 3 is 2.80 bits per heavy atom. The summed E-state index contributed by atoms with van der Waals surface area (Å²) in [6, 6.07) is 18.8. The number of nitrogens with zero attached hydrogens (tertiary/aromatic N) is 3. The smallest absolute Gasteiger partial charge is 0.111 e. The van der Waals surface area contributed by atoms with Gasteiger partial charge in [-0.15, -0.1) is 0 Å². The molecule has 4 heteroatoms. The number of benzene rings is 2. The summed E-state index contributed by atoms with van der Waals surface area (Å²) in [5.74, 6) is 1.61. The van der Waals surface area contributed by atoms with Crippen molar-refractivity contribution in [2.24, 2.45) is 0 Å². The number of hydrogen-bond acceptors (Lipinski definition) is 3. The lowest BCUT2D eigenvalue weighted by atomic mass is 10.1. The van der Waals surface area contributed by atoms with Crippen molar-refractivity contribution in [2.45, 2.75) is 18.9 Å². The lowest BCUT2D eigenvalue weighted by Crippen LogP contribution is -2.20. The summed E-state index contributed by atoms with van der Waals surface area (Å²) in [6.45, 7) is 3.11. The molecule has 0 aliphatic carbocycles. The van der Waals surface area contributed by atoms with E-state index in [0.717, 1.165) is 48.4 Å². The number of rotatable bonds is 3. The van der Waals surface area contributed by atoms with E-state index in [4.69, 9.17) is 4.98 Å². The van der Waals surface area contributed by atoms with Crippen LogP contribution in [0.15, 0.2) is 60.8 Å². The topological polar surface area (TPSA) is 44.8 Å². The van der Waals surface area contributed by atoms with Gasteiger partial charge < -0.3 is 4.98 Å². The second kappa shape index (κ2) is 5.97. The molecular formula is C21H20N4. The number of aromatic amines is 1. The van der Waals surface area contributed by atoms with Gasteiger partial charge in [-0.3, -0.25) is 9.88 Å². The van der Waals surface area contributed by atoms with E-state index in [-0.39, 0.29) is 0 Å². The van der Waals surface area contributed by atoms with Crippen LogP contribution in [-0.4, -0.2) is 32.9 Å². The summed E-state index contributed by atoms with van der Waals surface area (Å²) in [6.07, 6.45) is 3.16. The van der Waals surface area contributed by atoms with E-state index in [2.05, 4.69) is 57.3 Å². The zero-order valence-electron chi connectivity index (χ0n) is 14.0. The van der Waals surface area contributed by atoms with Crippen molar-refractivity contribution in [2.75, 3.05) is 13.1 Å². The number of imidazole rings is 1. The predicted octanol–water partition coefficient (Wildman–Crippen LogP) is 4.10. The minimum absolute atomic E-state index is 0.487. The van der Waals surface area contributed by atoms with Gasteiger partial charge in [-0.25, -0.2) is 4.98 Å². The van der Waals surface area contributed by atoms with Crippen LogP contribution in [0.1, 0.15) is 23.7 Å². The van der Waals surface area contributed by atoms with Crippen molar-refractivity contribution in [3.8, 4) is 0 Å². The fourth-order valence-corrected chi connectivity index (χ4v) is 3.83. The Morgan fingerprint density at radius 2 is 1.88 bits per heavy atom. The molecule has 4 nitrogen and oxygen atoms in total. The zero-order valence-corrected chi connectivity index (χ0v) is 14.0. The third-order valence-electron chi connectivity index (χ3n) is 5.12. The molecule has 124 valence electrons. The van der Waals surface area contributed by atoms with E-state index in [1.807, 2.05) is 18.3 Å². The normalized spacial score (nSPS) is 18.3. The average molecular weight is 328 g/mol. The first kappa shape index (κ1) is 14.6. The maximum Gasteiger partial charge on any atom is 0.111 e. The second-order valence-electron chi connectivity index (χ2n) is 6.90. The van der Waals surface area contributed by atoms with Gasteiger partial charge in [0.1, 0.15) is 5.82 Å². The molecule has 4 aromatic rings. The molecule has 5 rings (SSSR count). The number of pyridine rings is 1. The largest absolute Gasteiger partial charge is 0.342 e. The van der Waals surface area contributed by atoms with Gasteiger partial charge >= 0.3 is 0 Å². The summed E-state index contributed by atoms with van der Waals surface area (Å²) in [4.78, 5) is 15.4. The van der Waals surface area contributed by atoms with Crippen LogP contribution in [-0.2, 0) is 6.54 Å². The SMILES string of the molecule is c1ccc2ncc(CN3CCC(c4nc5ccccc5[nH]4)C3)cc2c1. The van der Waals surface area contributed by atoms with Crippen molar-refractivity contribution in [1.29, 1.82) is 0 Å². The summed E-state index contributed by atoms with van der Waals surface area (Å²) in [5.41, 5.74) is 4.54. The van der Waals surface area contributed by atoms with E-state index < -0.39 is 0 Å². The molecule has 0 radical (unpaired) electrons. The van der Waals surface area contributed by atoms with Crippen LogP contribution in [0.5, 0.6) is 0 Å². The molecule has 0 spiro atoms. The maximum absolute atomic E-state index is 4.78. The number of nitrogens with one attached hydrogen (secondary N) is 1. The first-order valence-corrected chi connectivity index (χ1v) is 8.86. The number of hydrogen-bond donors (Lipinski definition) is 1. The van der Waals surface area contributed by atoms with E-state index in [1.165, 1.54) is 10.9 Å². The second-order valence-corrected chi connectivity index (χ2v) is 6.90. The van der Waals surface area contributed by atoms with Gasteiger partial charge in [-0.1, -0.05) is 30.3 Å². The molecule has 0 bridgehead atoms. The number of para-hydroxylation sites is 3. The van der Waals surface area contributed by atoms with E-state index in [0.29, 0.717) is 5.92 Å². The first-order valence-electron chi connectivity index (χ1n) is 8.86. The maximum atomic E-state index is 4.78. The monoisotopic (exact) mass is 328 g/mol. The van der Waals surface area contributed by atoms with E-state index in [1.54, 1.807) is 0 Å². The van der Waals surface area contributed by atoms with Gasteiger partial charge in [-0.05, 0) is 42.8 Å². The van der Waals surface area contributed by atoms with Crippen molar-refractivity contribution in [3.05, 3.63) is 72.2 Å².